The highest BCUT2D eigenvalue weighted by Crippen LogP contribution is 2.32. The molecule has 2 saturated heterocycles. The Balaban J connectivity index is 1.30. The minimum atomic E-state index is -0.745. The van der Waals surface area contributed by atoms with Crippen LogP contribution in [0.1, 0.15) is 15.9 Å². The molecule has 5 heteroatoms. The van der Waals surface area contributed by atoms with Crippen LogP contribution in [0.3, 0.4) is 0 Å². The molecule has 0 spiro atoms. The number of nitrogens with zero attached hydrogens (tertiary/aromatic N) is 2. The summed E-state index contributed by atoms with van der Waals surface area (Å²) in [7, 11) is 0. The van der Waals surface area contributed by atoms with Crippen LogP contribution >= 0.6 is 0 Å². The van der Waals surface area contributed by atoms with E-state index in [1.165, 1.54) is 17.7 Å². The van der Waals surface area contributed by atoms with Crippen molar-refractivity contribution in [2.75, 3.05) is 32.7 Å². The van der Waals surface area contributed by atoms with Gasteiger partial charge in [-0.3, -0.25) is 14.6 Å². The summed E-state index contributed by atoms with van der Waals surface area (Å²) < 4.78 is 13.4. The van der Waals surface area contributed by atoms with Gasteiger partial charge in [0.25, 0.3) is 0 Å². The van der Waals surface area contributed by atoms with Crippen molar-refractivity contribution in [2.45, 2.75) is 6.54 Å². The second-order valence-corrected chi connectivity index (χ2v) is 7.48. The Bertz CT molecular complexity index is 782. The maximum atomic E-state index is 13.4. The Morgan fingerprint density at radius 3 is 2.31 bits per heavy atom. The molecule has 4 rings (SSSR count). The van der Waals surface area contributed by atoms with E-state index < -0.39 is 11.6 Å². The van der Waals surface area contributed by atoms with E-state index in [9.17, 15) is 14.3 Å². The van der Waals surface area contributed by atoms with Crippen molar-refractivity contribution in [3.8, 4) is 5.75 Å². The Morgan fingerprint density at radius 2 is 1.65 bits per heavy atom. The molecule has 2 aromatic rings. The third-order valence-corrected chi connectivity index (χ3v) is 5.52. The van der Waals surface area contributed by atoms with Gasteiger partial charge in [0.1, 0.15) is 0 Å². The SMILES string of the molecule is O=C(CN1CC2CN(Cc3ccccc3)CC2C1)c1ccc(O)c(F)c1. The number of likely N-dealkylation sites (tertiary alicyclic amines) is 2. The van der Waals surface area contributed by atoms with Gasteiger partial charge < -0.3 is 5.11 Å². The monoisotopic (exact) mass is 354 g/mol. The molecule has 2 unspecified atom stereocenters. The third kappa shape index (κ3) is 3.64. The van der Waals surface area contributed by atoms with Crippen molar-refractivity contribution in [1.29, 1.82) is 0 Å². The fourth-order valence-electron chi connectivity index (χ4n) is 4.26. The first-order valence-electron chi connectivity index (χ1n) is 9.09. The quantitative estimate of drug-likeness (QED) is 0.839. The summed E-state index contributed by atoms with van der Waals surface area (Å²) in [6.45, 7) is 5.27. The van der Waals surface area contributed by atoms with Crippen LogP contribution < -0.4 is 0 Å². The zero-order valence-corrected chi connectivity index (χ0v) is 14.6. The summed E-state index contributed by atoms with van der Waals surface area (Å²) in [4.78, 5) is 17.1. The van der Waals surface area contributed by atoms with E-state index in [4.69, 9.17) is 0 Å². The Labute approximate surface area is 152 Å². The number of ketones is 1. The number of phenolic OH excluding ortho intramolecular Hbond substituents is 1. The number of rotatable bonds is 5. The first-order chi connectivity index (χ1) is 12.6. The van der Waals surface area contributed by atoms with Crippen LogP contribution in [0.2, 0.25) is 0 Å². The molecule has 2 aromatic carbocycles. The van der Waals surface area contributed by atoms with Crippen LogP contribution in [0.25, 0.3) is 0 Å². The number of carbonyl (C=O) groups excluding carboxylic acids is 1. The molecule has 1 N–H and O–H groups in total. The van der Waals surface area contributed by atoms with Gasteiger partial charge in [-0.05, 0) is 35.6 Å². The van der Waals surface area contributed by atoms with E-state index >= 15 is 0 Å². The van der Waals surface area contributed by atoms with Crippen LogP contribution in [0.5, 0.6) is 5.75 Å². The van der Waals surface area contributed by atoms with Gasteiger partial charge in [-0.25, -0.2) is 4.39 Å². The molecule has 0 aliphatic carbocycles. The van der Waals surface area contributed by atoms with Gasteiger partial charge in [-0.15, -0.1) is 0 Å². The highest BCUT2D eigenvalue weighted by atomic mass is 19.1. The fourth-order valence-corrected chi connectivity index (χ4v) is 4.26. The zero-order chi connectivity index (χ0) is 18.1. The fraction of sp³-hybridized carbons (Fsp3) is 0.381. The van der Waals surface area contributed by atoms with E-state index in [1.54, 1.807) is 0 Å². The molecule has 2 fully saturated rings. The number of Topliss-reactive ketones (excluding diaryl/α,β-unsaturated/α-hetero) is 1. The summed E-state index contributed by atoms with van der Waals surface area (Å²) in [5.41, 5.74) is 1.66. The number of carbonyl (C=O) groups is 1. The van der Waals surface area contributed by atoms with Crippen molar-refractivity contribution in [3.63, 3.8) is 0 Å². The lowest BCUT2D eigenvalue weighted by Gasteiger charge is -2.21. The highest BCUT2D eigenvalue weighted by molar-refractivity contribution is 5.97. The second kappa shape index (κ2) is 7.17. The van der Waals surface area contributed by atoms with Gasteiger partial charge in [-0.1, -0.05) is 30.3 Å². The van der Waals surface area contributed by atoms with E-state index in [-0.39, 0.29) is 5.78 Å². The Morgan fingerprint density at radius 1 is 1.00 bits per heavy atom. The number of halogens is 1. The minimum Gasteiger partial charge on any atom is -0.505 e. The number of benzene rings is 2. The van der Waals surface area contributed by atoms with Gasteiger partial charge >= 0.3 is 0 Å². The van der Waals surface area contributed by atoms with E-state index in [1.807, 2.05) is 6.07 Å². The molecule has 136 valence electrons. The van der Waals surface area contributed by atoms with Gasteiger partial charge in [0.15, 0.2) is 17.3 Å². The highest BCUT2D eigenvalue weighted by Gasteiger charge is 2.40. The molecule has 26 heavy (non-hydrogen) atoms. The maximum absolute atomic E-state index is 13.4. The topological polar surface area (TPSA) is 43.8 Å². The molecule has 0 aromatic heterocycles. The normalized spacial score (nSPS) is 23.3. The molecular weight excluding hydrogens is 331 g/mol. The Hall–Kier alpha value is -2.24. The summed E-state index contributed by atoms with van der Waals surface area (Å²) >= 11 is 0. The molecular formula is C21H23FN2O2. The minimum absolute atomic E-state index is 0.0926. The number of hydrogen-bond donors (Lipinski definition) is 1. The molecule has 2 aliphatic rings. The first-order valence-corrected chi connectivity index (χ1v) is 9.09. The summed E-state index contributed by atoms with van der Waals surface area (Å²) in [6, 6.07) is 14.4. The predicted molar refractivity (Wildman–Crippen MR) is 97.5 cm³/mol. The van der Waals surface area contributed by atoms with E-state index in [0.717, 1.165) is 38.8 Å². The smallest absolute Gasteiger partial charge is 0.176 e. The molecule has 0 amide bonds. The molecule has 0 radical (unpaired) electrons. The summed E-state index contributed by atoms with van der Waals surface area (Å²) in [5.74, 6) is -0.0578. The van der Waals surface area contributed by atoms with Crippen molar-refractivity contribution in [2.24, 2.45) is 11.8 Å². The first kappa shape index (κ1) is 17.2. The van der Waals surface area contributed by atoms with Crippen molar-refractivity contribution < 1.29 is 14.3 Å². The predicted octanol–water partition coefficient (Wildman–Crippen LogP) is 2.78. The lowest BCUT2D eigenvalue weighted by molar-refractivity contribution is 0.0937. The number of hydrogen-bond acceptors (Lipinski definition) is 4. The Kier molecular flexibility index (Phi) is 4.74. The van der Waals surface area contributed by atoms with Gasteiger partial charge in [-0.2, -0.15) is 0 Å². The molecule has 2 atom stereocenters. The maximum Gasteiger partial charge on any atom is 0.176 e. The van der Waals surface area contributed by atoms with Crippen LogP contribution in [0.4, 0.5) is 4.39 Å². The van der Waals surface area contributed by atoms with E-state index in [0.29, 0.717) is 23.9 Å². The van der Waals surface area contributed by atoms with Crippen molar-refractivity contribution in [1.82, 2.24) is 9.80 Å². The molecule has 2 heterocycles. The molecule has 0 bridgehead atoms. The van der Waals surface area contributed by atoms with Gasteiger partial charge in [0.2, 0.25) is 0 Å². The van der Waals surface area contributed by atoms with Gasteiger partial charge in [0.05, 0.1) is 6.54 Å². The zero-order valence-electron chi connectivity index (χ0n) is 14.6. The van der Waals surface area contributed by atoms with Gasteiger partial charge in [0, 0.05) is 38.3 Å². The standard InChI is InChI=1S/C21H23FN2O2/c22-19-8-16(6-7-20(19)25)21(26)14-24-12-17-10-23(11-18(17)13-24)9-15-4-2-1-3-5-15/h1-8,17-18,25H,9-14H2. The number of aromatic hydroxyl groups is 1. The van der Waals surface area contributed by atoms with Crippen LogP contribution in [-0.4, -0.2) is 53.4 Å². The van der Waals surface area contributed by atoms with Crippen molar-refractivity contribution in [3.05, 3.63) is 65.5 Å². The molecule has 2 aliphatic heterocycles. The van der Waals surface area contributed by atoms with Crippen molar-refractivity contribution >= 4 is 5.78 Å². The lowest BCUT2D eigenvalue weighted by atomic mass is 10.0. The summed E-state index contributed by atoms with van der Waals surface area (Å²) in [6.07, 6.45) is 0. The average Bonchev–Trinajstić information content (AvgIpc) is 3.16. The average molecular weight is 354 g/mol. The lowest BCUT2D eigenvalue weighted by Crippen LogP contribution is -2.32. The summed E-state index contributed by atoms with van der Waals surface area (Å²) in [5, 5.41) is 9.25. The van der Waals surface area contributed by atoms with Crippen LogP contribution in [-0.2, 0) is 6.54 Å². The third-order valence-electron chi connectivity index (χ3n) is 5.52. The second-order valence-electron chi connectivity index (χ2n) is 7.48. The largest absolute Gasteiger partial charge is 0.505 e. The molecule has 0 saturated carbocycles. The number of phenols is 1. The number of fused-ring (bicyclic) bond motifs is 1. The molecule has 4 nitrogen and oxygen atoms in total. The van der Waals surface area contributed by atoms with Crippen LogP contribution in [0, 0.1) is 17.7 Å². The van der Waals surface area contributed by atoms with Crippen LogP contribution in [0.15, 0.2) is 48.5 Å². The van der Waals surface area contributed by atoms with E-state index in [2.05, 4.69) is 34.1 Å².